The predicted octanol–water partition coefficient (Wildman–Crippen LogP) is -1.21. The van der Waals surface area contributed by atoms with Crippen LogP contribution in [0.25, 0.3) is 0 Å². The van der Waals surface area contributed by atoms with Crippen molar-refractivity contribution in [3.63, 3.8) is 0 Å². The average molecular weight is 263 g/mol. The number of piperazine rings is 1. The molecule has 1 fully saturated rings. The van der Waals surface area contributed by atoms with Gasteiger partial charge in [0.1, 0.15) is 0 Å². The molecule has 1 aliphatic rings. The van der Waals surface area contributed by atoms with Gasteiger partial charge in [-0.2, -0.15) is 4.31 Å². The van der Waals surface area contributed by atoms with Gasteiger partial charge in [0.2, 0.25) is 16.0 Å². The summed E-state index contributed by atoms with van der Waals surface area (Å²) < 4.78 is 24.2. The predicted molar refractivity (Wildman–Crippen MR) is 67.9 cm³/mol. The Morgan fingerprint density at radius 3 is 2.35 bits per heavy atom. The number of hydrogen-bond donors (Lipinski definition) is 2. The number of guanidine groups is 1. The number of aliphatic imine (C=N–C) groups is 1. The SMILES string of the molecule is CCCN=C(NN)N1CCN(S(C)(=O)=O)CC1. The summed E-state index contributed by atoms with van der Waals surface area (Å²) in [6.07, 6.45) is 2.18. The molecule has 0 atom stereocenters. The maximum atomic E-state index is 11.3. The minimum atomic E-state index is -3.08. The van der Waals surface area contributed by atoms with Gasteiger partial charge in [0.05, 0.1) is 6.26 Å². The van der Waals surface area contributed by atoms with Crippen LogP contribution in [-0.2, 0) is 10.0 Å². The molecule has 0 saturated carbocycles. The monoisotopic (exact) mass is 263 g/mol. The number of rotatable bonds is 3. The molecule has 1 aliphatic heterocycles. The van der Waals surface area contributed by atoms with E-state index in [1.807, 2.05) is 11.8 Å². The van der Waals surface area contributed by atoms with Gasteiger partial charge in [0, 0.05) is 32.7 Å². The van der Waals surface area contributed by atoms with Gasteiger partial charge in [-0.05, 0) is 6.42 Å². The van der Waals surface area contributed by atoms with Crippen molar-refractivity contribution in [3.05, 3.63) is 0 Å². The number of nitrogens with zero attached hydrogens (tertiary/aromatic N) is 3. The highest BCUT2D eigenvalue weighted by molar-refractivity contribution is 7.88. The van der Waals surface area contributed by atoms with Crippen LogP contribution in [0.2, 0.25) is 0 Å². The summed E-state index contributed by atoms with van der Waals surface area (Å²) in [5.74, 6) is 6.05. The maximum Gasteiger partial charge on any atom is 0.211 e. The van der Waals surface area contributed by atoms with E-state index >= 15 is 0 Å². The van der Waals surface area contributed by atoms with Gasteiger partial charge < -0.3 is 4.90 Å². The van der Waals surface area contributed by atoms with Crippen LogP contribution in [0.3, 0.4) is 0 Å². The minimum Gasteiger partial charge on any atom is -0.339 e. The lowest BCUT2D eigenvalue weighted by Crippen LogP contribution is -2.54. The first-order valence-corrected chi connectivity index (χ1v) is 7.55. The second kappa shape index (κ2) is 6.18. The Labute approximate surface area is 103 Å². The Balaban J connectivity index is 2.56. The van der Waals surface area contributed by atoms with E-state index in [4.69, 9.17) is 5.84 Å². The zero-order chi connectivity index (χ0) is 12.9. The Morgan fingerprint density at radius 2 is 1.94 bits per heavy atom. The lowest BCUT2D eigenvalue weighted by Gasteiger charge is -2.34. The third-order valence-electron chi connectivity index (χ3n) is 2.62. The van der Waals surface area contributed by atoms with Crippen molar-refractivity contribution in [3.8, 4) is 0 Å². The van der Waals surface area contributed by atoms with Gasteiger partial charge in [0.25, 0.3) is 0 Å². The van der Waals surface area contributed by atoms with Crippen molar-refractivity contribution in [2.24, 2.45) is 10.8 Å². The molecule has 0 unspecified atom stereocenters. The van der Waals surface area contributed by atoms with Gasteiger partial charge in [-0.15, -0.1) is 0 Å². The number of nitrogens with two attached hydrogens (primary N) is 1. The summed E-state index contributed by atoms with van der Waals surface area (Å²) in [5.41, 5.74) is 2.57. The van der Waals surface area contributed by atoms with E-state index in [1.165, 1.54) is 10.6 Å². The van der Waals surface area contributed by atoms with Gasteiger partial charge >= 0.3 is 0 Å². The molecule has 0 aromatic rings. The second-order valence-electron chi connectivity index (χ2n) is 4.00. The van der Waals surface area contributed by atoms with E-state index in [-0.39, 0.29) is 0 Å². The topological polar surface area (TPSA) is 91.0 Å². The molecule has 100 valence electrons. The van der Waals surface area contributed by atoms with E-state index in [0.717, 1.165) is 6.42 Å². The summed E-state index contributed by atoms with van der Waals surface area (Å²) in [5, 5.41) is 0. The van der Waals surface area contributed by atoms with Crippen molar-refractivity contribution in [1.82, 2.24) is 14.6 Å². The summed E-state index contributed by atoms with van der Waals surface area (Å²) >= 11 is 0. The standard InChI is InChI=1S/C9H21N5O2S/c1-3-4-11-9(12-10)13-5-7-14(8-6-13)17(2,15)16/h3-8,10H2,1-2H3,(H,11,12). The highest BCUT2D eigenvalue weighted by Gasteiger charge is 2.24. The summed E-state index contributed by atoms with van der Waals surface area (Å²) in [6, 6.07) is 0. The Morgan fingerprint density at radius 1 is 1.35 bits per heavy atom. The first-order valence-electron chi connectivity index (χ1n) is 5.70. The zero-order valence-electron chi connectivity index (χ0n) is 10.4. The Hall–Kier alpha value is -0.860. The molecule has 8 heteroatoms. The Kier molecular flexibility index (Phi) is 5.16. The third-order valence-corrected chi connectivity index (χ3v) is 3.92. The molecule has 3 N–H and O–H groups in total. The van der Waals surface area contributed by atoms with Crippen molar-refractivity contribution in [1.29, 1.82) is 0 Å². The van der Waals surface area contributed by atoms with E-state index in [2.05, 4.69) is 10.4 Å². The van der Waals surface area contributed by atoms with E-state index < -0.39 is 10.0 Å². The van der Waals surface area contributed by atoms with Crippen LogP contribution in [0, 0.1) is 0 Å². The number of sulfonamides is 1. The molecule has 0 aromatic heterocycles. The van der Waals surface area contributed by atoms with Crippen LogP contribution >= 0.6 is 0 Å². The summed E-state index contributed by atoms with van der Waals surface area (Å²) in [7, 11) is -3.08. The molecule has 0 bridgehead atoms. The zero-order valence-corrected chi connectivity index (χ0v) is 11.2. The molecule has 0 radical (unpaired) electrons. The summed E-state index contributed by atoms with van der Waals surface area (Å²) in [6.45, 7) is 4.93. The van der Waals surface area contributed by atoms with Crippen molar-refractivity contribution < 1.29 is 8.42 Å². The first-order chi connectivity index (χ1) is 7.99. The second-order valence-corrected chi connectivity index (χ2v) is 5.98. The molecule has 1 saturated heterocycles. The maximum absolute atomic E-state index is 11.3. The lowest BCUT2D eigenvalue weighted by atomic mass is 10.4. The number of hydrogen-bond acceptors (Lipinski definition) is 4. The molecule has 1 rings (SSSR count). The fourth-order valence-electron chi connectivity index (χ4n) is 1.69. The molecular weight excluding hydrogens is 242 g/mol. The van der Waals surface area contributed by atoms with Crippen LogP contribution in [0.15, 0.2) is 4.99 Å². The van der Waals surface area contributed by atoms with Gasteiger partial charge in [0.15, 0.2) is 0 Å². The first kappa shape index (κ1) is 14.2. The Bertz CT molecular complexity index is 360. The third kappa shape index (κ3) is 4.14. The quantitative estimate of drug-likeness (QED) is 0.289. The average Bonchev–Trinajstić information content (AvgIpc) is 2.29. The largest absolute Gasteiger partial charge is 0.339 e. The molecular formula is C9H21N5O2S. The normalized spacial score (nSPS) is 19.5. The lowest BCUT2D eigenvalue weighted by molar-refractivity contribution is 0.261. The number of hydrazine groups is 1. The van der Waals surface area contributed by atoms with Crippen molar-refractivity contribution in [2.75, 3.05) is 39.0 Å². The number of nitrogens with one attached hydrogen (secondary N) is 1. The minimum absolute atomic E-state index is 0.478. The van der Waals surface area contributed by atoms with E-state index in [9.17, 15) is 8.42 Å². The van der Waals surface area contributed by atoms with Crippen LogP contribution in [0.4, 0.5) is 0 Å². The van der Waals surface area contributed by atoms with E-state index in [1.54, 1.807) is 0 Å². The van der Waals surface area contributed by atoms with Crippen molar-refractivity contribution in [2.45, 2.75) is 13.3 Å². The summed E-state index contributed by atoms with van der Waals surface area (Å²) in [4.78, 5) is 6.28. The molecule has 0 aliphatic carbocycles. The fraction of sp³-hybridized carbons (Fsp3) is 0.889. The molecule has 1 heterocycles. The van der Waals surface area contributed by atoms with Crippen LogP contribution in [0.1, 0.15) is 13.3 Å². The molecule has 0 spiro atoms. The van der Waals surface area contributed by atoms with Crippen LogP contribution in [0.5, 0.6) is 0 Å². The molecule has 7 nitrogen and oxygen atoms in total. The highest BCUT2D eigenvalue weighted by atomic mass is 32.2. The van der Waals surface area contributed by atoms with E-state index in [0.29, 0.717) is 38.7 Å². The van der Waals surface area contributed by atoms with Crippen LogP contribution < -0.4 is 11.3 Å². The molecule has 0 amide bonds. The van der Waals surface area contributed by atoms with Gasteiger partial charge in [-0.3, -0.25) is 10.4 Å². The highest BCUT2D eigenvalue weighted by Crippen LogP contribution is 2.06. The van der Waals surface area contributed by atoms with Gasteiger partial charge in [-0.25, -0.2) is 14.3 Å². The fourth-order valence-corrected chi connectivity index (χ4v) is 2.51. The van der Waals surface area contributed by atoms with Crippen LogP contribution in [-0.4, -0.2) is 62.6 Å². The smallest absolute Gasteiger partial charge is 0.211 e. The van der Waals surface area contributed by atoms with Gasteiger partial charge in [-0.1, -0.05) is 6.92 Å². The van der Waals surface area contributed by atoms with Crippen molar-refractivity contribution >= 4 is 16.0 Å². The molecule has 17 heavy (non-hydrogen) atoms. The molecule has 0 aromatic carbocycles.